The van der Waals surface area contributed by atoms with E-state index in [4.69, 9.17) is 27.9 Å². The van der Waals surface area contributed by atoms with Gasteiger partial charge in [0.25, 0.3) is 0 Å². The Morgan fingerprint density at radius 3 is 1.85 bits per heavy atom. The molecule has 2 saturated heterocycles. The summed E-state index contributed by atoms with van der Waals surface area (Å²) < 4.78 is 27.8. The molecule has 0 radical (unpaired) electrons. The molecule has 0 spiro atoms. The number of piperidine rings is 2. The molecule has 5 rings (SSSR count). The third kappa shape index (κ3) is 7.51. The fourth-order valence-electron chi connectivity index (χ4n) is 5.20. The number of nitrogens with two attached hydrogens (primary N) is 4. The Labute approximate surface area is 239 Å². The van der Waals surface area contributed by atoms with Gasteiger partial charge in [0.15, 0.2) is 0 Å². The number of rotatable bonds is 8. The molecule has 1 aromatic heterocycles. The van der Waals surface area contributed by atoms with Crippen molar-refractivity contribution < 1.29 is 13.5 Å². The number of aromatic nitrogens is 3. The zero-order valence-corrected chi connectivity index (χ0v) is 23.4. The summed E-state index contributed by atoms with van der Waals surface area (Å²) in [6, 6.07) is 12.8. The van der Waals surface area contributed by atoms with Gasteiger partial charge in [-0.05, 0) is 30.5 Å². The van der Waals surface area contributed by atoms with E-state index in [1.165, 1.54) is 12.1 Å². The number of nitrogens with zero attached hydrogens (tertiary/aromatic N) is 5. The molecule has 2 aliphatic rings. The number of sulfonamides is 1. The molecule has 15 heteroatoms. The summed E-state index contributed by atoms with van der Waals surface area (Å²) in [4.78, 5) is 17.8. The smallest absolute Gasteiger partial charge is 0.237 e. The van der Waals surface area contributed by atoms with Crippen molar-refractivity contribution in [2.24, 2.45) is 22.9 Å². The molecule has 0 bridgehead atoms. The first-order valence-corrected chi connectivity index (χ1v) is 15.1. The minimum atomic E-state index is -3.75. The number of hydrogen-bond donors (Lipinski definition) is 7. The number of benzene rings is 2. The van der Waals surface area contributed by atoms with Crippen LogP contribution in [0.2, 0.25) is 0 Å². The molecule has 4 atom stereocenters. The topological polar surface area (TPSA) is 228 Å². The highest BCUT2D eigenvalue weighted by atomic mass is 32.2. The van der Waals surface area contributed by atoms with Crippen LogP contribution in [-0.2, 0) is 15.8 Å². The molecule has 3 heterocycles. The van der Waals surface area contributed by atoms with E-state index in [0.717, 1.165) is 0 Å². The van der Waals surface area contributed by atoms with E-state index in [9.17, 15) is 13.5 Å². The average molecular weight is 584 g/mol. The standard InChI is InChI=1S/C26H37N11O3S/c27-17-8-18(28)12-36(11-17)25-32-24(33-26(34-25)37-13-19(29)9-20(30)14-37)31-21-6-7-22(23(38)10-21)35-41(39,40)15-16-4-2-1-3-5-16/h1-7,10,17-20,35,38H,8-9,11-15,27-30H2,(H,31,32,33,34). The van der Waals surface area contributed by atoms with E-state index < -0.39 is 10.0 Å². The van der Waals surface area contributed by atoms with Crippen LogP contribution in [0.1, 0.15) is 18.4 Å². The zero-order valence-electron chi connectivity index (χ0n) is 22.6. The molecule has 2 aromatic carbocycles. The van der Waals surface area contributed by atoms with Gasteiger partial charge in [-0.1, -0.05) is 30.3 Å². The van der Waals surface area contributed by atoms with Crippen LogP contribution < -0.4 is 42.8 Å². The minimum absolute atomic E-state index is 0.0519. The summed E-state index contributed by atoms with van der Waals surface area (Å²) in [6.45, 7) is 2.14. The van der Waals surface area contributed by atoms with Gasteiger partial charge in [0, 0.05) is 62.1 Å². The van der Waals surface area contributed by atoms with Crippen molar-refractivity contribution in [1.82, 2.24) is 15.0 Å². The Morgan fingerprint density at radius 1 is 0.805 bits per heavy atom. The predicted molar refractivity (Wildman–Crippen MR) is 159 cm³/mol. The Morgan fingerprint density at radius 2 is 1.34 bits per heavy atom. The van der Waals surface area contributed by atoms with Gasteiger partial charge in [0.1, 0.15) is 5.75 Å². The first kappa shape index (κ1) is 28.8. The number of phenols is 1. The average Bonchev–Trinajstić information content (AvgIpc) is 2.89. The molecule has 0 amide bonds. The molecule has 3 aromatic rings. The van der Waals surface area contributed by atoms with Crippen LogP contribution in [-0.4, -0.2) is 78.8 Å². The Kier molecular flexibility index (Phi) is 8.42. The van der Waals surface area contributed by atoms with Crippen molar-refractivity contribution in [3.8, 4) is 5.75 Å². The summed E-state index contributed by atoms with van der Waals surface area (Å²) in [6.07, 6.45) is 1.41. The molecule has 0 aliphatic carbocycles. The summed E-state index contributed by atoms with van der Waals surface area (Å²) in [5, 5.41) is 13.7. The summed E-state index contributed by atoms with van der Waals surface area (Å²) >= 11 is 0. The third-order valence-corrected chi connectivity index (χ3v) is 8.17. The second-order valence-electron chi connectivity index (χ2n) is 10.8. The van der Waals surface area contributed by atoms with Crippen LogP contribution >= 0.6 is 0 Å². The largest absolute Gasteiger partial charge is 0.506 e. The van der Waals surface area contributed by atoms with Crippen molar-refractivity contribution in [2.45, 2.75) is 42.8 Å². The number of anilines is 5. The van der Waals surface area contributed by atoms with Crippen molar-refractivity contribution in [3.05, 3.63) is 54.1 Å². The van der Waals surface area contributed by atoms with E-state index in [1.807, 2.05) is 15.9 Å². The second-order valence-corrected chi connectivity index (χ2v) is 12.5. The first-order chi connectivity index (χ1) is 19.5. The Balaban J connectivity index is 1.38. The monoisotopic (exact) mass is 583 g/mol. The van der Waals surface area contributed by atoms with E-state index in [-0.39, 0.29) is 47.3 Å². The van der Waals surface area contributed by atoms with Gasteiger partial charge in [-0.15, -0.1) is 0 Å². The maximum Gasteiger partial charge on any atom is 0.237 e. The minimum Gasteiger partial charge on any atom is -0.506 e. The molecule has 41 heavy (non-hydrogen) atoms. The van der Waals surface area contributed by atoms with Gasteiger partial charge >= 0.3 is 0 Å². The van der Waals surface area contributed by atoms with Crippen LogP contribution in [0.15, 0.2) is 48.5 Å². The highest BCUT2D eigenvalue weighted by Crippen LogP contribution is 2.30. The van der Waals surface area contributed by atoms with Gasteiger partial charge in [-0.25, -0.2) is 8.42 Å². The van der Waals surface area contributed by atoms with E-state index in [0.29, 0.717) is 62.2 Å². The molecule has 11 N–H and O–H groups in total. The number of nitrogens with one attached hydrogen (secondary N) is 2. The lowest BCUT2D eigenvalue weighted by molar-refractivity contribution is 0.441. The predicted octanol–water partition coefficient (Wildman–Crippen LogP) is -0.00790. The maximum absolute atomic E-state index is 12.7. The van der Waals surface area contributed by atoms with Crippen LogP contribution in [0.25, 0.3) is 0 Å². The highest BCUT2D eigenvalue weighted by Gasteiger charge is 2.29. The summed E-state index contributed by atoms with van der Waals surface area (Å²) in [5.41, 5.74) is 26.0. The molecular formula is C26H37N11O3S. The van der Waals surface area contributed by atoms with Crippen molar-refractivity contribution >= 4 is 39.2 Å². The zero-order chi connectivity index (χ0) is 29.1. The van der Waals surface area contributed by atoms with Crippen LogP contribution in [0.5, 0.6) is 5.75 Å². The van der Waals surface area contributed by atoms with Gasteiger partial charge in [-0.3, -0.25) is 4.72 Å². The third-order valence-electron chi connectivity index (χ3n) is 6.93. The van der Waals surface area contributed by atoms with E-state index >= 15 is 0 Å². The molecule has 220 valence electrons. The fourth-order valence-corrected chi connectivity index (χ4v) is 6.41. The fraction of sp³-hybridized carbons (Fsp3) is 0.423. The molecule has 4 unspecified atom stereocenters. The molecular weight excluding hydrogens is 546 g/mol. The van der Waals surface area contributed by atoms with Crippen LogP contribution in [0.4, 0.5) is 29.2 Å². The number of hydrogen-bond acceptors (Lipinski definition) is 13. The van der Waals surface area contributed by atoms with Gasteiger partial charge < -0.3 is 43.2 Å². The lowest BCUT2D eigenvalue weighted by Gasteiger charge is -2.37. The summed E-state index contributed by atoms with van der Waals surface area (Å²) in [7, 11) is -3.75. The van der Waals surface area contributed by atoms with Gasteiger partial charge in [0.2, 0.25) is 27.9 Å². The second kappa shape index (κ2) is 12.0. The lowest BCUT2D eigenvalue weighted by atomic mass is 10.0. The van der Waals surface area contributed by atoms with E-state index in [1.54, 1.807) is 30.3 Å². The number of phenolic OH excluding ortho intramolecular Hbond substituents is 1. The van der Waals surface area contributed by atoms with Gasteiger partial charge in [-0.2, -0.15) is 15.0 Å². The normalized spacial score (nSPS) is 23.3. The highest BCUT2D eigenvalue weighted by molar-refractivity contribution is 7.91. The van der Waals surface area contributed by atoms with Crippen LogP contribution in [0, 0.1) is 0 Å². The van der Waals surface area contributed by atoms with Gasteiger partial charge in [0.05, 0.1) is 11.4 Å². The SMILES string of the molecule is NC1CC(N)CN(c2nc(Nc3ccc(NS(=O)(=O)Cc4ccccc4)c(O)c3)nc(N3CC(N)CC(N)C3)n2)C1. The quantitative estimate of drug-likeness (QED) is 0.173. The molecule has 14 nitrogen and oxygen atoms in total. The van der Waals surface area contributed by atoms with Crippen LogP contribution in [0.3, 0.4) is 0 Å². The maximum atomic E-state index is 12.7. The molecule has 2 aliphatic heterocycles. The number of aromatic hydroxyl groups is 1. The molecule has 0 saturated carbocycles. The first-order valence-electron chi connectivity index (χ1n) is 13.5. The Hall–Kier alpha value is -3.76. The lowest BCUT2D eigenvalue weighted by Crippen LogP contribution is -2.54. The van der Waals surface area contributed by atoms with Crippen molar-refractivity contribution in [1.29, 1.82) is 0 Å². The van der Waals surface area contributed by atoms with Crippen molar-refractivity contribution in [2.75, 3.05) is 46.0 Å². The van der Waals surface area contributed by atoms with E-state index in [2.05, 4.69) is 20.0 Å². The molecule has 2 fully saturated rings. The summed E-state index contributed by atoms with van der Waals surface area (Å²) in [5.74, 6) is 0.553. The Bertz CT molecular complexity index is 1400. The van der Waals surface area contributed by atoms with Crippen molar-refractivity contribution in [3.63, 3.8) is 0 Å².